The van der Waals surface area contributed by atoms with E-state index in [1.807, 2.05) is 0 Å². The molecule has 0 aromatic heterocycles. The molecular weight excluding hydrogens is 300 g/mol. The molecule has 1 N–H and O–H groups in total. The van der Waals surface area contributed by atoms with Crippen LogP contribution in [0.25, 0.3) is 0 Å². The second-order valence-electron chi connectivity index (χ2n) is 5.10. The molecule has 3 rings (SSSR count). The minimum absolute atomic E-state index is 0.0176. The summed E-state index contributed by atoms with van der Waals surface area (Å²) in [4.78, 5) is 20.6. The minimum atomic E-state index is -0.448. The molecule has 0 spiro atoms. The van der Waals surface area contributed by atoms with Gasteiger partial charge in [0.2, 0.25) is 0 Å². The topological polar surface area (TPSA) is 111 Å². The van der Waals surface area contributed by atoms with Crippen molar-refractivity contribution in [3.63, 3.8) is 0 Å². The van der Waals surface area contributed by atoms with Crippen LogP contribution in [0.2, 0.25) is 0 Å². The predicted molar refractivity (Wildman–Crippen MR) is 83.2 cm³/mol. The third kappa shape index (κ3) is 3.00. The van der Waals surface area contributed by atoms with Gasteiger partial charge in [0.25, 0.3) is 11.4 Å². The van der Waals surface area contributed by atoms with Gasteiger partial charge in [0.15, 0.2) is 0 Å². The fraction of sp³-hybridized carbons (Fsp3) is 0.133. The number of rotatable bonds is 4. The molecule has 2 aromatic carbocycles. The van der Waals surface area contributed by atoms with Gasteiger partial charge in [-0.05, 0) is 5.56 Å². The molecule has 116 valence electrons. The molecule has 2 aromatic rings. The first kappa shape index (κ1) is 14.6. The molecule has 1 atom stereocenters. The standard InChI is InChI=1S/C15H12N4O4/c20-18(21)12-6-4-10(5-7-12)14-9-15(17-16-14)11-2-1-3-13(8-11)19(22)23/h1-8,14,16H,9H2. The minimum Gasteiger partial charge on any atom is -0.302 e. The first-order valence-electron chi connectivity index (χ1n) is 6.86. The monoisotopic (exact) mass is 312 g/mol. The Labute approximate surface area is 130 Å². The maximum atomic E-state index is 10.8. The quantitative estimate of drug-likeness (QED) is 0.689. The fourth-order valence-corrected chi connectivity index (χ4v) is 2.44. The lowest BCUT2D eigenvalue weighted by Gasteiger charge is -2.09. The van der Waals surface area contributed by atoms with Gasteiger partial charge in [-0.2, -0.15) is 5.10 Å². The van der Waals surface area contributed by atoms with Crippen LogP contribution in [0.4, 0.5) is 11.4 Å². The average Bonchev–Trinajstić information content (AvgIpc) is 3.05. The van der Waals surface area contributed by atoms with Gasteiger partial charge in [-0.25, -0.2) is 0 Å². The van der Waals surface area contributed by atoms with Crippen molar-refractivity contribution >= 4 is 17.1 Å². The average molecular weight is 312 g/mol. The molecule has 0 bridgehead atoms. The van der Waals surface area contributed by atoms with Crippen LogP contribution in [0.3, 0.4) is 0 Å². The van der Waals surface area contributed by atoms with Gasteiger partial charge in [0, 0.05) is 36.2 Å². The zero-order valence-corrected chi connectivity index (χ0v) is 11.9. The van der Waals surface area contributed by atoms with Gasteiger partial charge in [0.1, 0.15) is 0 Å². The van der Waals surface area contributed by atoms with Crippen molar-refractivity contribution < 1.29 is 9.85 Å². The highest BCUT2D eigenvalue weighted by Gasteiger charge is 2.22. The van der Waals surface area contributed by atoms with E-state index in [0.717, 1.165) is 11.3 Å². The van der Waals surface area contributed by atoms with Gasteiger partial charge in [-0.1, -0.05) is 24.3 Å². The molecule has 1 aliphatic heterocycles. The maximum absolute atomic E-state index is 10.8. The Morgan fingerprint density at radius 3 is 2.35 bits per heavy atom. The van der Waals surface area contributed by atoms with E-state index in [4.69, 9.17) is 0 Å². The molecule has 1 unspecified atom stereocenters. The number of non-ortho nitro benzene ring substituents is 2. The molecule has 0 radical (unpaired) electrons. The molecule has 0 saturated heterocycles. The summed E-state index contributed by atoms with van der Waals surface area (Å²) in [7, 11) is 0. The molecule has 1 heterocycles. The summed E-state index contributed by atoms with van der Waals surface area (Å²) in [5, 5.41) is 25.7. The zero-order chi connectivity index (χ0) is 16.4. The van der Waals surface area contributed by atoms with Crippen LogP contribution < -0.4 is 5.43 Å². The lowest BCUT2D eigenvalue weighted by atomic mass is 9.99. The van der Waals surface area contributed by atoms with E-state index in [1.165, 1.54) is 24.3 Å². The Balaban J connectivity index is 1.76. The maximum Gasteiger partial charge on any atom is 0.270 e. The van der Waals surface area contributed by atoms with Gasteiger partial charge < -0.3 is 5.43 Å². The van der Waals surface area contributed by atoms with Crippen LogP contribution in [0.1, 0.15) is 23.6 Å². The number of nitro benzene ring substituents is 2. The Morgan fingerprint density at radius 2 is 1.70 bits per heavy atom. The molecule has 0 amide bonds. The van der Waals surface area contributed by atoms with Crippen molar-refractivity contribution in [3.05, 3.63) is 79.9 Å². The normalized spacial score (nSPS) is 16.5. The van der Waals surface area contributed by atoms with Crippen LogP contribution in [0.5, 0.6) is 0 Å². The first-order chi connectivity index (χ1) is 11.0. The summed E-state index contributed by atoms with van der Waals surface area (Å²) in [6.45, 7) is 0. The number of benzene rings is 2. The highest BCUT2D eigenvalue weighted by Crippen LogP contribution is 2.27. The summed E-state index contributed by atoms with van der Waals surface area (Å²) in [6, 6.07) is 12.5. The summed E-state index contributed by atoms with van der Waals surface area (Å²) in [6.07, 6.45) is 0.555. The molecule has 8 nitrogen and oxygen atoms in total. The van der Waals surface area contributed by atoms with E-state index < -0.39 is 9.85 Å². The van der Waals surface area contributed by atoms with E-state index in [0.29, 0.717) is 12.0 Å². The molecule has 0 fully saturated rings. The van der Waals surface area contributed by atoms with Crippen molar-refractivity contribution in [3.8, 4) is 0 Å². The number of nitro groups is 2. The highest BCUT2D eigenvalue weighted by atomic mass is 16.6. The van der Waals surface area contributed by atoms with E-state index in [1.54, 1.807) is 24.3 Å². The molecule has 8 heteroatoms. The van der Waals surface area contributed by atoms with E-state index in [9.17, 15) is 20.2 Å². The molecule has 1 aliphatic rings. The van der Waals surface area contributed by atoms with Crippen molar-refractivity contribution in [2.75, 3.05) is 0 Å². The van der Waals surface area contributed by atoms with Crippen LogP contribution in [0.15, 0.2) is 53.6 Å². The van der Waals surface area contributed by atoms with E-state index >= 15 is 0 Å². The van der Waals surface area contributed by atoms with Crippen LogP contribution in [-0.2, 0) is 0 Å². The van der Waals surface area contributed by atoms with Gasteiger partial charge >= 0.3 is 0 Å². The van der Waals surface area contributed by atoms with Crippen LogP contribution in [0, 0.1) is 20.2 Å². The lowest BCUT2D eigenvalue weighted by Crippen LogP contribution is -2.09. The first-order valence-corrected chi connectivity index (χ1v) is 6.86. The summed E-state index contributed by atoms with van der Waals surface area (Å²) in [5.74, 6) is 0. The smallest absolute Gasteiger partial charge is 0.270 e. The van der Waals surface area contributed by atoms with Crippen LogP contribution in [-0.4, -0.2) is 15.6 Å². The van der Waals surface area contributed by atoms with E-state index in [-0.39, 0.29) is 17.4 Å². The number of hydrazone groups is 1. The van der Waals surface area contributed by atoms with E-state index in [2.05, 4.69) is 10.5 Å². The summed E-state index contributed by atoms with van der Waals surface area (Å²) < 4.78 is 0. The Morgan fingerprint density at radius 1 is 1.00 bits per heavy atom. The van der Waals surface area contributed by atoms with Gasteiger partial charge in [-0.15, -0.1) is 0 Å². The highest BCUT2D eigenvalue weighted by molar-refractivity contribution is 6.02. The largest absolute Gasteiger partial charge is 0.302 e. The predicted octanol–water partition coefficient (Wildman–Crippen LogP) is 2.94. The van der Waals surface area contributed by atoms with Crippen molar-refractivity contribution in [1.29, 1.82) is 0 Å². The zero-order valence-electron chi connectivity index (χ0n) is 11.9. The molecule has 0 aliphatic carbocycles. The molecule has 0 saturated carbocycles. The third-order valence-corrected chi connectivity index (χ3v) is 3.65. The Kier molecular flexibility index (Phi) is 3.71. The summed E-state index contributed by atoms with van der Waals surface area (Å²) >= 11 is 0. The van der Waals surface area contributed by atoms with Crippen molar-refractivity contribution in [2.45, 2.75) is 12.5 Å². The van der Waals surface area contributed by atoms with Crippen LogP contribution >= 0.6 is 0 Å². The molecule has 23 heavy (non-hydrogen) atoms. The fourth-order valence-electron chi connectivity index (χ4n) is 2.44. The van der Waals surface area contributed by atoms with Crippen molar-refractivity contribution in [2.24, 2.45) is 5.10 Å². The molecular formula is C15H12N4O4. The Hall–Kier alpha value is -3.29. The third-order valence-electron chi connectivity index (χ3n) is 3.65. The van der Waals surface area contributed by atoms with Crippen molar-refractivity contribution in [1.82, 2.24) is 5.43 Å². The number of hydrogen-bond acceptors (Lipinski definition) is 6. The lowest BCUT2D eigenvalue weighted by molar-refractivity contribution is -0.385. The van der Waals surface area contributed by atoms with Gasteiger partial charge in [-0.3, -0.25) is 20.2 Å². The van der Waals surface area contributed by atoms with Gasteiger partial charge in [0.05, 0.1) is 21.6 Å². The Bertz CT molecular complexity index is 801. The number of hydrogen-bond donors (Lipinski definition) is 1. The summed E-state index contributed by atoms with van der Waals surface area (Å²) in [5.41, 5.74) is 5.30. The number of nitrogens with zero attached hydrogens (tertiary/aromatic N) is 3. The second kappa shape index (κ2) is 5.84. The SMILES string of the molecule is O=[N+]([O-])c1ccc(C2CC(c3cccc([N+](=O)[O-])c3)=NN2)cc1. The second-order valence-corrected chi connectivity index (χ2v) is 5.10. The number of nitrogens with one attached hydrogen (secondary N) is 1.